The Kier molecular flexibility index (Phi) is 5.98. The van der Waals surface area contributed by atoms with Gasteiger partial charge in [-0.2, -0.15) is 0 Å². The molecule has 5 nitrogen and oxygen atoms in total. The molecular formula is C15H21NO4. The minimum absolute atomic E-state index is 0.0704. The highest BCUT2D eigenvalue weighted by Gasteiger charge is 2.20. The van der Waals surface area contributed by atoms with Crippen LogP contribution in [0.5, 0.6) is 5.75 Å². The summed E-state index contributed by atoms with van der Waals surface area (Å²) in [5.41, 5.74) is 0.621. The number of carbonyl (C=O) groups excluding carboxylic acids is 1. The van der Waals surface area contributed by atoms with Crippen LogP contribution in [0.15, 0.2) is 24.3 Å². The third-order valence-corrected chi connectivity index (χ3v) is 3.16. The van der Waals surface area contributed by atoms with Crippen LogP contribution >= 0.6 is 0 Å². The van der Waals surface area contributed by atoms with Crippen LogP contribution in [0.2, 0.25) is 0 Å². The molecule has 1 fully saturated rings. The second-order valence-electron chi connectivity index (χ2n) is 4.69. The van der Waals surface area contributed by atoms with E-state index in [4.69, 9.17) is 14.2 Å². The average Bonchev–Trinajstić information content (AvgIpc) is 2.49. The number of rotatable bonds is 7. The standard InChI is InChI=1S/C15H21NO4/c1-18-8-9-20-15-5-3-2-4-13(15)14(17)10-12-11-19-7-6-16-12/h2-5,12,16H,6-11H2,1H3. The van der Waals surface area contributed by atoms with Crippen molar-refractivity contribution in [1.29, 1.82) is 0 Å². The molecule has 110 valence electrons. The number of methoxy groups -OCH3 is 1. The van der Waals surface area contributed by atoms with Gasteiger partial charge in [-0.05, 0) is 12.1 Å². The maximum atomic E-state index is 12.4. The van der Waals surface area contributed by atoms with E-state index >= 15 is 0 Å². The Morgan fingerprint density at radius 3 is 3.00 bits per heavy atom. The van der Waals surface area contributed by atoms with Gasteiger partial charge >= 0.3 is 0 Å². The normalized spacial score (nSPS) is 18.8. The molecule has 0 radical (unpaired) electrons. The van der Waals surface area contributed by atoms with Crippen LogP contribution in [0.1, 0.15) is 16.8 Å². The first-order valence-corrected chi connectivity index (χ1v) is 6.86. The van der Waals surface area contributed by atoms with Gasteiger partial charge in [0.2, 0.25) is 0 Å². The molecule has 5 heteroatoms. The highest BCUT2D eigenvalue weighted by Crippen LogP contribution is 2.20. The van der Waals surface area contributed by atoms with Crippen molar-refractivity contribution >= 4 is 5.78 Å². The van der Waals surface area contributed by atoms with Gasteiger partial charge < -0.3 is 19.5 Å². The Bertz CT molecular complexity index is 430. The second kappa shape index (κ2) is 7.99. The number of nitrogens with one attached hydrogen (secondary N) is 1. The topological polar surface area (TPSA) is 56.8 Å². The molecule has 0 bridgehead atoms. The van der Waals surface area contributed by atoms with Gasteiger partial charge in [0.1, 0.15) is 12.4 Å². The predicted octanol–water partition coefficient (Wildman–Crippen LogP) is 1.27. The summed E-state index contributed by atoms with van der Waals surface area (Å²) in [6.45, 7) is 3.02. The fraction of sp³-hybridized carbons (Fsp3) is 0.533. The van der Waals surface area contributed by atoms with Crippen LogP contribution in [0.25, 0.3) is 0 Å². The molecule has 0 saturated carbocycles. The Morgan fingerprint density at radius 2 is 2.25 bits per heavy atom. The Balaban J connectivity index is 1.97. The zero-order valence-electron chi connectivity index (χ0n) is 11.8. The lowest BCUT2D eigenvalue weighted by Gasteiger charge is -2.23. The second-order valence-corrected chi connectivity index (χ2v) is 4.69. The molecule has 0 aliphatic carbocycles. The summed E-state index contributed by atoms with van der Waals surface area (Å²) in [5, 5.41) is 3.28. The quantitative estimate of drug-likeness (QED) is 0.602. The average molecular weight is 279 g/mol. The van der Waals surface area contributed by atoms with Gasteiger partial charge in [0, 0.05) is 26.1 Å². The van der Waals surface area contributed by atoms with E-state index in [9.17, 15) is 4.79 Å². The molecular weight excluding hydrogens is 258 g/mol. The molecule has 0 aromatic heterocycles. The summed E-state index contributed by atoms with van der Waals surface area (Å²) >= 11 is 0. The lowest BCUT2D eigenvalue weighted by atomic mass is 10.0. The summed E-state index contributed by atoms with van der Waals surface area (Å²) in [4.78, 5) is 12.4. The number of hydrogen-bond donors (Lipinski definition) is 1. The van der Waals surface area contributed by atoms with Gasteiger partial charge in [-0.25, -0.2) is 0 Å². The third-order valence-electron chi connectivity index (χ3n) is 3.16. The molecule has 1 aromatic carbocycles. The van der Waals surface area contributed by atoms with Crippen molar-refractivity contribution in [2.24, 2.45) is 0 Å². The SMILES string of the molecule is COCCOc1ccccc1C(=O)CC1COCCN1. The molecule has 0 amide bonds. The summed E-state index contributed by atoms with van der Waals surface area (Å²) in [5.74, 6) is 0.687. The number of ketones is 1. The van der Waals surface area contributed by atoms with Crippen LogP contribution in [0.3, 0.4) is 0 Å². The molecule has 20 heavy (non-hydrogen) atoms. The highest BCUT2D eigenvalue weighted by molar-refractivity contribution is 5.99. The van der Waals surface area contributed by atoms with E-state index in [0.717, 1.165) is 6.54 Å². The summed E-state index contributed by atoms with van der Waals surface area (Å²) in [6.07, 6.45) is 0.421. The number of benzene rings is 1. The maximum Gasteiger partial charge on any atom is 0.168 e. The van der Waals surface area contributed by atoms with Gasteiger partial charge in [-0.15, -0.1) is 0 Å². The van der Waals surface area contributed by atoms with Crippen LogP contribution < -0.4 is 10.1 Å². The fourth-order valence-corrected chi connectivity index (χ4v) is 2.14. The molecule has 0 spiro atoms. The molecule has 1 N–H and O–H groups in total. The van der Waals surface area contributed by atoms with Crippen molar-refractivity contribution < 1.29 is 19.0 Å². The van der Waals surface area contributed by atoms with Crippen molar-refractivity contribution in [2.75, 3.05) is 40.1 Å². The van der Waals surface area contributed by atoms with E-state index in [2.05, 4.69) is 5.32 Å². The molecule has 1 aliphatic rings. The van der Waals surface area contributed by atoms with Crippen molar-refractivity contribution in [2.45, 2.75) is 12.5 Å². The number of carbonyl (C=O) groups is 1. The first kappa shape index (κ1) is 15.0. The third kappa shape index (κ3) is 4.30. The number of para-hydroxylation sites is 1. The number of ether oxygens (including phenoxy) is 3. The van der Waals surface area contributed by atoms with Crippen LogP contribution in [-0.4, -0.2) is 51.9 Å². The van der Waals surface area contributed by atoms with Gasteiger partial charge in [-0.3, -0.25) is 4.79 Å². The van der Waals surface area contributed by atoms with Crippen molar-refractivity contribution in [3.8, 4) is 5.75 Å². The van der Waals surface area contributed by atoms with Crippen LogP contribution in [0.4, 0.5) is 0 Å². The van der Waals surface area contributed by atoms with Gasteiger partial charge in [0.25, 0.3) is 0 Å². The Hall–Kier alpha value is -1.43. The lowest BCUT2D eigenvalue weighted by molar-refractivity contribution is 0.0674. The Labute approximate surface area is 119 Å². The first-order chi connectivity index (χ1) is 9.81. The van der Waals surface area contributed by atoms with E-state index in [-0.39, 0.29) is 11.8 Å². The van der Waals surface area contributed by atoms with E-state index in [1.54, 1.807) is 13.2 Å². The maximum absolute atomic E-state index is 12.4. The van der Waals surface area contributed by atoms with Crippen molar-refractivity contribution in [1.82, 2.24) is 5.32 Å². The van der Waals surface area contributed by atoms with Gasteiger partial charge in [0.05, 0.1) is 25.4 Å². The zero-order valence-corrected chi connectivity index (χ0v) is 11.8. The van der Waals surface area contributed by atoms with Gasteiger partial charge in [0.15, 0.2) is 5.78 Å². The van der Waals surface area contributed by atoms with E-state index < -0.39 is 0 Å². The largest absolute Gasteiger partial charge is 0.490 e. The van der Waals surface area contributed by atoms with Gasteiger partial charge in [-0.1, -0.05) is 12.1 Å². The van der Waals surface area contributed by atoms with Crippen molar-refractivity contribution in [3.63, 3.8) is 0 Å². The first-order valence-electron chi connectivity index (χ1n) is 6.86. The van der Waals surface area contributed by atoms with E-state index in [1.807, 2.05) is 18.2 Å². The number of Topliss-reactive ketones (excluding diaryl/α,β-unsaturated/α-hetero) is 1. The summed E-state index contributed by atoms with van der Waals surface area (Å²) < 4.78 is 15.9. The minimum Gasteiger partial charge on any atom is -0.490 e. The predicted molar refractivity (Wildman–Crippen MR) is 75.4 cm³/mol. The zero-order chi connectivity index (χ0) is 14.2. The smallest absolute Gasteiger partial charge is 0.168 e. The Morgan fingerprint density at radius 1 is 1.40 bits per heavy atom. The molecule has 1 atom stereocenters. The molecule has 1 heterocycles. The number of morpholine rings is 1. The van der Waals surface area contributed by atoms with Crippen molar-refractivity contribution in [3.05, 3.63) is 29.8 Å². The molecule has 2 rings (SSSR count). The molecule has 1 unspecified atom stereocenters. The van der Waals surface area contributed by atoms with E-state index in [1.165, 1.54) is 0 Å². The van der Waals surface area contributed by atoms with Crippen LogP contribution in [0, 0.1) is 0 Å². The lowest BCUT2D eigenvalue weighted by Crippen LogP contribution is -2.42. The monoisotopic (exact) mass is 279 g/mol. The summed E-state index contributed by atoms with van der Waals surface area (Å²) in [7, 11) is 1.62. The highest BCUT2D eigenvalue weighted by atomic mass is 16.5. The molecule has 1 aromatic rings. The fourth-order valence-electron chi connectivity index (χ4n) is 2.14. The molecule has 1 saturated heterocycles. The summed E-state index contributed by atoms with van der Waals surface area (Å²) in [6, 6.07) is 7.41. The minimum atomic E-state index is 0.0704. The van der Waals surface area contributed by atoms with E-state index in [0.29, 0.717) is 44.2 Å². The van der Waals surface area contributed by atoms with Crippen LogP contribution in [-0.2, 0) is 9.47 Å². The number of hydrogen-bond acceptors (Lipinski definition) is 5. The molecule has 1 aliphatic heterocycles.